The first kappa shape index (κ1) is 16.2. The zero-order chi connectivity index (χ0) is 13.9. The van der Waals surface area contributed by atoms with Gasteiger partial charge >= 0.3 is 0 Å². The third-order valence-electron chi connectivity index (χ3n) is 3.36. The van der Waals surface area contributed by atoms with Crippen molar-refractivity contribution >= 4 is 0 Å². The van der Waals surface area contributed by atoms with Crippen LogP contribution in [0.15, 0.2) is 30.3 Å². The summed E-state index contributed by atoms with van der Waals surface area (Å²) < 4.78 is 5.95. The summed E-state index contributed by atoms with van der Waals surface area (Å²) in [5.74, 6) is 0. The molecule has 2 unspecified atom stereocenters. The highest BCUT2D eigenvalue weighted by Crippen LogP contribution is 2.13. The predicted octanol–water partition coefficient (Wildman–Crippen LogP) is 3.80. The molecule has 0 saturated heterocycles. The molecule has 2 heteroatoms. The molecule has 1 aromatic rings. The molecule has 0 aliphatic carbocycles. The molecule has 1 aromatic carbocycles. The van der Waals surface area contributed by atoms with E-state index in [0.29, 0.717) is 12.1 Å². The summed E-state index contributed by atoms with van der Waals surface area (Å²) in [4.78, 5) is 0. The third kappa shape index (κ3) is 6.22. The van der Waals surface area contributed by atoms with Crippen LogP contribution in [-0.2, 0) is 11.2 Å². The van der Waals surface area contributed by atoms with Gasteiger partial charge in [0.1, 0.15) is 0 Å². The van der Waals surface area contributed by atoms with Crippen molar-refractivity contribution in [3.8, 4) is 0 Å². The molecular weight excluding hydrogens is 234 g/mol. The molecule has 2 nitrogen and oxygen atoms in total. The van der Waals surface area contributed by atoms with Crippen molar-refractivity contribution in [3.63, 3.8) is 0 Å². The molecule has 0 amide bonds. The first-order valence-corrected chi connectivity index (χ1v) is 7.70. The van der Waals surface area contributed by atoms with Crippen LogP contribution in [0.5, 0.6) is 0 Å². The highest BCUT2D eigenvalue weighted by Gasteiger charge is 2.20. The van der Waals surface area contributed by atoms with Gasteiger partial charge in [-0.15, -0.1) is 0 Å². The number of benzene rings is 1. The fourth-order valence-electron chi connectivity index (χ4n) is 2.43. The van der Waals surface area contributed by atoms with Crippen LogP contribution < -0.4 is 5.32 Å². The summed E-state index contributed by atoms with van der Waals surface area (Å²) in [5.41, 5.74) is 1.39. The van der Waals surface area contributed by atoms with Crippen molar-refractivity contribution in [1.29, 1.82) is 0 Å². The van der Waals surface area contributed by atoms with Gasteiger partial charge in [-0.3, -0.25) is 0 Å². The molecule has 0 bridgehead atoms. The molecule has 1 rings (SSSR count). The average Bonchev–Trinajstić information content (AvgIpc) is 2.44. The SMILES string of the molecule is CCCNC(Cc1ccccc1)C(CCC)OCC. The van der Waals surface area contributed by atoms with Gasteiger partial charge in [-0.2, -0.15) is 0 Å². The van der Waals surface area contributed by atoms with Crippen LogP contribution in [0, 0.1) is 0 Å². The van der Waals surface area contributed by atoms with E-state index in [-0.39, 0.29) is 0 Å². The van der Waals surface area contributed by atoms with Crippen LogP contribution in [0.3, 0.4) is 0 Å². The first-order valence-electron chi connectivity index (χ1n) is 7.70. The minimum atomic E-state index is 0.321. The Morgan fingerprint density at radius 3 is 2.37 bits per heavy atom. The monoisotopic (exact) mass is 263 g/mol. The lowest BCUT2D eigenvalue weighted by atomic mass is 9.98. The number of nitrogens with one attached hydrogen (secondary N) is 1. The standard InChI is InChI=1S/C17H29NO/c1-4-10-17(19-6-3)16(18-13-5-2)14-15-11-8-7-9-12-15/h7-9,11-12,16-18H,4-6,10,13-14H2,1-3H3. The maximum absolute atomic E-state index is 5.95. The number of ether oxygens (including phenoxy) is 1. The highest BCUT2D eigenvalue weighted by molar-refractivity contribution is 5.16. The van der Waals surface area contributed by atoms with E-state index in [1.165, 1.54) is 12.0 Å². The van der Waals surface area contributed by atoms with Gasteiger partial charge in [-0.05, 0) is 38.3 Å². The van der Waals surface area contributed by atoms with E-state index < -0.39 is 0 Å². The topological polar surface area (TPSA) is 21.3 Å². The molecule has 0 aliphatic rings. The van der Waals surface area contributed by atoms with Crippen LogP contribution in [0.1, 0.15) is 45.6 Å². The van der Waals surface area contributed by atoms with Crippen LogP contribution in [0.2, 0.25) is 0 Å². The molecule has 19 heavy (non-hydrogen) atoms. The molecule has 1 N–H and O–H groups in total. The Hall–Kier alpha value is -0.860. The van der Waals surface area contributed by atoms with E-state index in [2.05, 4.69) is 56.4 Å². The minimum Gasteiger partial charge on any atom is -0.377 e. The summed E-state index contributed by atoms with van der Waals surface area (Å²) >= 11 is 0. The fourth-order valence-corrected chi connectivity index (χ4v) is 2.43. The maximum atomic E-state index is 5.95. The Kier molecular flexibility index (Phi) is 8.52. The van der Waals surface area contributed by atoms with Crippen LogP contribution in [0.25, 0.3) is 0 Å². The average molecular weight is 263 g/mol. The molecule has 0 heterocycles. The lowest BCUT2D eigenvalue weighted by Gasteiger charge is -2.28. The van der Waals surface area contributed by atoms with Gasteiger partial charge in [0.15, 0.2) is 0 Å². The van der Waals surface area contributed by atoms with Gasteiger partial charge in [0.05, 0.1) is 6.10 Å². The number of hydrogen-bond acceptors (Lipinski definition) is 2. The van der Waals surface area contributed by atoms with E-state index in [1.807, 2.05) is 0 Å². The molecule has 0 radical (unpaired) electrons. The third-order valence-corrected chi connectivity index (χ3v) is 3.36. The first-order chi connectivity index (χ1) is 9.31. The molecular formula is C17H29NO. The number of rotatable bonds is 10. The molecule has 0 aliphatic heterocycles. The zero-order valence-corrected chi connectivity index (χ0v) is 12.7. The van der Waals surface area contributed by atoms with E-state index in [9.17, 15) is 0 Å². The summed E-state index contributed by atoms with van der Waals surface area (Å²) in [6.07, 6.45) is 4.83. The number of hydrogen-bond donors (Lipinski definition) is 1. The van der Waals surface area contributed by atoms with Gasteiger partial charge in [-0.1, -0.05) is 50.6 Å². The highest BCUT2D eigenvalue weighted by atomic mass is 16.5. The summed E-state index contributed by atoms with van der Waals surface area (Å²) in [6, 6.07) is 11.1. The van der Waals surface area contributed by atoms with Crippen molar-refractivity contribution < 1.29 is 4.74 Å². The Labute approximate surface area is 118 Å². The normalized spacial score (nSPS) is 14.3. The molecule has 0 saturated carbocycles. The van der Waals surface area contributed by atoms with E-state index in [0.717, 1.165) is 32.4 Å². The molecule has 108 valence electrons. The van der Waals surface area contributed by atoms with Crippen LogP contribution in [0.4, 0.5) is 0 Å². The summed E-state index contributed by atoms with van der Waals surface area (Å²) in [6.45, 7) is 8.38. The van der Waals surface area contributed by atoms with Crippen molar-refractivity contribution in [3.05, 3.63) is 35.9 Å². The van der Waals surface area contributed by atoms with Gasteiger partial charge in [0.25, 0.3) is 0 Å². The summed E-state index contributed by atoms with van der Waals surface area (Å²) in [7, 11) is 0. The minimum absolute atomic E-state index is 0.321. The Balaban J connectivity index is 2.67. The molecule has 0 fully saturated rings. The molecule has 2 atom stereocenters. The zero-order valence-electron chi connectivity index (χ0n) is 12.7. The van der Waals surface area contributed by atoms with Gasteiger partial charge < -0.3 is 10.1 Å². The Bertz CT molecular complexity index is 306. The predicted molar refractivity (Wildman–Crippen MR) is 82.5 cm³/mol. The smallest absolute Gasteiger partial charge is 0.0731 e. The largest absolute Gasteiger partial charge is 0.377 e. The Morgan fingerprint density at radius 2 is 1.79 bits per heavy atom. The van der Waals surface area contributed by atoms with Crippen molar-refractivity contribution in [2.24, 2.45) is 0 Å². The van der Waals surface area contributed by atoms with E-state index in [4.69, 9.17) is 4.74 Å². The quantitative estimate of drug-likeness (QED) is 0.693. The second-order valence-electron chi connectivity index (χ2n) is 5.03. The summed E-state index contributed by atoms with van der Waals surface area (Å²) in [5, 5.41) is 3.66. The van der Waals surface area contributed by atoms with Crippen molar-refractivity contribution in [2.75, 3.05) is 13.2 Å². The Morgan fingerprint density at radius 1 is 1.05 bits per heavy atom. The van der Waals surface area contributed by atoms with Gasteiger partial charge in [0, 0.05) is 12.6 Å². The van der Waals surface area contributed by atoms with Gasteiger partial charge in [0.2, 0.25) is 0 Å². The van der Waals surface area contributed by atoms with Crippen molar-refractivity contribution in [2.45, 2.75) is 58.6 Å². The lowest BCUT2D eigenvalue weighted by Crippen LogP contribution is -2.43. The lowest BCUT2D eigenvalue weighted by molar-refractivity contribution is 0.0282. The second-order valence-corrected chi connectivity index (χ2v) is 5.03. The van der Waals surface area contributed by atoms with Crippen LogP contribution >= 0.6 is 0 Å². The second kappa shape index (κ2) is 9.99. The fraction of sp³-hybridized carbons (Fsp3) is 0.647. The molecule has 0 spiro atoms. The molecule has 0 aromatic heterocycles. The van der Waals surface area contributed by atoms with E-state index >= 15 is 0 Å². The van der Waals surface area contributed by atoms with E-state index in [1.54, 1.807) is 0 Å². The van der Waals surface area contributed by atoms with Crippen molar-refractivity contribution in [1.82, 2.24) is 5.32 Å². The van der Waals surface area contributed by atoms with Gasteiger partial charge in [-0.25, -0.2) is 0 Å². The maximum Gasteiger partial charge on any atom is 0.0731 e. The van der Waals surface area contributed by atoms with Crippen LogP contribution in [-0.4, -0.2) is 25.3 Å².